The fraction of sp³-hybridized carbons (Fsp3) is 0.0625. The van der Waals surface area contributed by atoms with Crippen LogP contribution in [0.2, 0.25) is 0 Å². The minimum Gasteiger partial charge on any atom is -0.293 e. The molecule has 0 bridgehead atoms. The number of carbonyl (C=O) groups is 4. The first kappa shape index (κ1) is 24.1. The van der Waals surface area contributed by atoms with Gasteiger partial charge in [0.25, 0.3) is 0 Å². The van der Waals surface area contributed by atoms with Crippen LogP contribution in [0.5, 0.6) is 0 Å². The number of rotatable bonds is 2. The zero-order valence-electron chi connectivity index (χ0n) is 20.4. The molecule has 0 heterocycles. The van der Waals surface area contributed by atoms with Crippen molar-refractivity contribution in [3.63, 3.8) is 0 Å². The molecule has 4 aromatic rings. The van der Waals surface area contributed by atoms with Gasteiger partial charge in [-0.05, 0) is 59.7 Å². The first-order chi connectivity index (χ1) is 19.3. The van der Waals surface area contributed by atoms with Gasteiger partial charge in [0.05, 0.1) is 22.3 Å². The summed E-state index contributed by atoms with van der Waals surface area (Å²) in [5.41, 5.74) is 1.56. The van der Waals surface area contributed by atoms with Gasteiger partial charge in [0.2, 0.25) is 0 Å². The largest absolute Gasteiger partial charge is 0.293 e. The van der Waals surface area contributed by atoms with Crippen molar-refractivity contribution in [3.8, 4) is 24.3 Å². The van der Waals surface area contributed by atoms with Crippen molar-refractivity contribution < 1.29 is 19.2 Å². The Morgan fingerprint density at radius 2 is 0.725 bits per heavy atom. The molecule has 0 unspecified atom stereocenters. The van der Waals surface area contributed by atoms with E-state index in [-0.39, 0.29) is 66.4 Å². The zero-order valence-corrected chi connectivity index (χ0v) is 20.4. The van der Waals surface area contributed by atoms with E-state index in [1.807, 2.05) is 24.3 Å². The van der Waals surface area contributed by atoms with E-state index in [2.05, 4.69) is 0 Å². The monoisotopic (exact) mass is 516 g/mol. The normalized spacial score (nSPS) is 14.4. The van der Waals surface area contributed by atoms with Crippen molar-refractivity contribution in [2.24, 2.45) is 0 Å². The molecule has 0 N–H and O–H groups in total. The lowest BCUT2D eigenvalue weighted by molar-refractivity contribution is 0.0835. The number of carbonyl (C=O) groups excluding carboxylic acids is 4. The fourth-order valence-electron chi connectivity index (χ4n) is 5.65. The second-order valence-corrected chi connectivity index (χ2v) is 9.45. The van der Waals surface area contributed by atoms with Crippen LogP contribution in [0.15, 0.2) is 60.7 Å². The highest BCUT2D eigenvalue weighted by Crippen LogP contribution is 2.44. The summed E-state index contributed by atoms with van der Waals surface area (Å²) in [7, 11) is 0. The zero-order chi connectivity index (χ0) is 28.3. The molecule has 0 radical (unpaired) electrons. The second-order valence-electron chi connectivity index (χ2n) is 9.45. The summed E-state index contributed by atoms with van der Waals surface area (Å²) in [6.45, 7) is 0. The standard InChI is InChI=1S/C32H12N4O4/c33-11-17-3-1-15(9-19(17)13-35)25-29(37)21-5-7-23-28-24(8-6-22(27(21)28)30(25)38)32(40)26(31(23)39)16-2-4-18(12-34)20(10-16)14-36/h1-10,25-26H. The van der Waals surface area contributed by atoms with E-state index in [0.29, 0.717) is 0 Å². The van der Waals surface area contributed by atoms with Crippen molar-refractivity contribution in [2.75, 3.05) is 0 Å². The number of hydrogen-bond acceptors (Lipinski definition) is 8. The summed E-state index contributed by atoms with van der Waals surface area (Å²) < 4.78 is 0. The maximum absolute atomic E-state index is 13.7. The molecule has 0 fully saturated rings. The number of nitrogens with zero attached hydrogens (tertiary/aromatic N) is 4. The van der Waals surface area contributed by atoms with E-state index >= 15 is 0 Å². The van der Waals surface area contributed by atoms with Gasteiger partial charge in [0.15, 0.2) is 23.1 Å². The molecular weight excluding hydrogens is 504 g/mol. The predicted molar refractivity (Wildman–Crippen MR) is 138 cm³/mol. The number of nitriles is 4. The Hall–Kier alpha value is -6.22. The third-order valence-electron chi connectivity index (χ3n) is 7.51. The van der Waals surface area contributed by atoms with Gasteiger partial charge in [-0.3, -0.25) is 19.2 Å². The highest BCUT2D eigenvalue weighted by atomic mass is 16.2. The van der Waals surface area contributed by atoms with E-state index in [0.717, 1.165) is 0 Å². The topological polar surface area (TPSA) is 163 Å². The lowest BCUT2D eigenvalue weighted by Crippen LogP contribution is -2.31. The maximum Gasteiger partial charge on any atom is 0.178 e. The summed E-state index contributed by atoms with van der Waals surface area (Å²) in [6.07, 6.45) is 0. The van der Waals surface area contributed by atoms with Crippen LogP contribution in [0, 0.1) is 45.3 Å². The molecule has 2 aliphatic rings. The van der Waals surface area contributed by atoms with Crippen LogP contribution in [0.25, 0.3) is 10.8 Å². The Bertz CT molecular complexity index is 1880. The molecule has 0 spiro atoms. The molecule has 0 aromatic heterocycles. The number of hydrogen-bond donors (Lipinski definition) is 0. The van der Waals surface area contributed by atoms with E-state index in [1.54, 1.807) is 0 Å². The Morgan fingerprint density at radius 3 is 1.00 bits per heavy atom. The lowest BCUT2D eigenvalue weighted by atomic mass is 9.70. The Labute approximate surface area is 226 Å². The molecule has 0 saturated carbocycles. The first-order valence-corrected chi connectivity index (χ1v) is 12.0. The highest BCUT2D eigenvalue weighted by molar-refractivity contribution is 6.38. The molecule has 0 saturated heterocycles. The number of ketones is 4. The molecule has 184 valence electrons. The van der Waals surface area contributed by atoms with Crippen LogP contribution in [-0.2, 0) is 0 Å². The fourth-order valence-corrected chi connectivity index (χ4v) is 5.65. The third-order valence-corrected chi connectivity index (χ3v) is 7.51. The molecule has 4 aromatic carbocycles. The quantitative estimate of drug-likeness (QED) is 0.347. The summed E-state index contributed by atoms with van der Waals surface area (Å²) in [6, 6.07) is 21.9. The molecule has 2 aliphatic carbocycles. The molecule has 8 nitrogen and oxygen atoms in total. The molecule has 40 heavy (non-hydrogen) atoms. The minimum atomic E-state index is -1.25. The van der Waals surface area contributed by atoms with Crippen LogP contribution in [-0.4, -0.2) is 23.1 Å². The molecule has 0 aliphatic heterocycles. The smallest absolute Gasteiger partial charge is 0.178 e. The van der Waals surface area contributed by atoms with E-state index in [9.17, 15) is 40.2 Å². The van der Waals surface area contributed by atoms with Crippen LogP contribution < -0.4 is 0 Å². The minimum absolute atomic E-state index is 0.0428. The van der Waals surface area contributed by atoms with Gasteiger partial charge in [-0.15, -0.1) is 0 Å². The summed E-state index contributed by atoms with van der Waals surface area (Å²) in [4.78, 5) is 54.7. The molecule has 0 amide bonds. The number of Topliss-reactive ketones (excluding diaryl/α,β-unsaturated/α-hetero) is 4. The van der Waals surface area contributed by atoms with Gasteiger partial charge in [-0.1, -0.05) is 12.1 Å². The first-order valence-electron chi connectivity index (χ1n) is 12.0. The van der Waals surface area contributed by atoms with Crippen LogP contribution in [0.4, 0.5) is 0 Å². The molecule has 0 atom stereocenters. The SMILES string of the molecule is N#Cc1ccc(C2C(=O)c3ccc4c5c(ccc(c35)C2=O)C(=O)C(c2ccc(C#N)c(C#N)c2)C4=O)cc1C#N. The predicted octanol–water partition coefficient (Wildman–Crippen LogP) is 4.65. The Morgan fingerprint density at radius 1 is 0.425 bits per heavy atom. The van der Waals surface area contributed by atoms with Gasteiger partial charge >= 0.3 is 0 Å². The van der Waals surface area contributed by atoms with Gasteiger partial charge < -0.3 is 0 Å². The Kier molecular flexibility index (Phi) is 5.23. The second kappa shape index (κ2) is 8.67. The third kappa shape index (κ3) is 3.15. The Balaban J connectivity index is 1.52. The summed E-state index contributed by atoms with van der Waals surface area (Å²) in [5.74, 6) is -4.66. The number of benzene rings is 4. The van der Waals surface area contributed by atoms with E-state index < -0.39 is 35.0 Å². The molecular formula is C32H12N4O4. The van der Waals surface area contributed by atoms with E-state index in [1.165, 1.54) is 60.7 Å². The van der Waals surface area contributed by atoms with Crippen molar-refractivity contribution in [2.45, 2.75) is 11.8 Å². The van der Waals surface area contributed by atoms with Crippen molar-refractivity contribution >= 4 is 33.9 Å². The highest BCUT2D eigenvalue weighted by Gasteiger charge is 2.43. The average Bonchev–Trinajstić information content (AvgIpc) is 2.98. The molecule has 6 rings (SSSR count). The van der Waals surface area contributed by atoms with Crippen molar-refractivity contribution in [3.05, 3.63) is 116 Å². The van der Waals surface area contributed by atoms with Crippen LogP contribution in [0.3, 0.4) is 0 Å². The maximum atomic E-state index is 13.7. The van der Waals surface area contributed by atoms with Crippen molar-refractivity contribution in [1.82, 2.24) is 0 Å². The van der Waals surface area contributed by atoms with Gasteiger partial charge in [0, 0.05) is 33.0 Å². The van der Waals surface area contributed by atoms with Gasteiger partial charge in [-0.2, -0.15) is 21.0 Å². The van der Waals surface area contributed by atoms with Crippen molar-refractivity contribution in [1.29, 1.82) is 21.0 Å². The summed E-state index contributed by atoms with van der Waals surface area (Å²) >= 11 is 0. The van der Waals surface area contributed by atoms with Gasteiger partial charge in [0.1, 0.15) is 36.1 Å². The van der Waals surface area contributed by atoms with E-state index in [4.69, 9.17) is 0 Å². The van der Waals surface area contributed by atoms with Gasteiger partial charge in [-0.25, -0.2) is 0 Å². The summed E-state index contributed by atoms with van der Waals surface area (Å²) in [5, 5.41) is 37.8. The average molecular weight is 516 g/mol. The lowest BCUT2D eigenvalue weighted by Gasteiger charge is -2.29. The molecule has 8 heteroatoms. The van der Waals surface area contributed by atoms with Crippen LogP contribution in [0.1, 0.15) is 86.6 Å². The van der Waals surface area contributed by atoms with Crippen LogP contribution >= 0.6 is 0 Å².